The molecule has 0 saturated heterocycles. The van der Waals surface area contributed by atoms with Crippen molar-refractivity contribution < 1.29 is 0 Å². The summed E-state index contributed by atoms with van der Waals surface area (Å²) < 4.78 is 0. The Morgan fingerprint density at radius 2 is 1.58 bits per heavy atom. The second kappa shape index (κ2) is 6.28. The summed E-state index contributed by atoms with van der Waals surface area (Å²) >= 11 is 6.27. The molecule has 1 aromatic rings. The molecule has 0 unspecified atom stereocenters. The van der Waals surface area contributed by atoms with E-state index in [-0.39, 0.29) is 0 Å². The van der Waals surface area contributed by atoms with Crippen molar-refractivity contribution in [2.45, 2.75) is 69.4 Å². The standard InChI is InChI=1S/C17H24ClN/c18-17-10-6-5-9-16(17)13-11-15(12-13)19-14-7-3-1-2-4-8-14/h5-6,9-10,13-15,19H,1-4,7-8,11-12H2. The zero-order valence-electron chi connectivity index (χ0n) is 11.6. The van der Waals surface area contributed by atoms with Gasteiger partial charge in [-0.15, -0.1) is 0 Å². The Morgan fingerprint density at radius 3 is 2.26 bits per heavy atom. The highest BCUT2D eigenvalue weighted by Gasteiger charge is 2.32. The zero-order valence-corrected chi connectivity index (χ0v) is 12.3. The first-order chi connectivity index (χ1) is 9.33. The normalized spacial score (nSPS) is 28.7. The summed E-state index contributed by atoms with van der Waals surface area (Å²) in [7, 11) is 0. The second-order valence-corrected chi connectivity index (χ2v) is 6.65. The Bertz CT molecular complexity index is 403. The maximum Gasteiger partial charge on any atom is 0.0440 e. The molecule has 104 valence electrons. The van der Waals surface area contributed by atoms with Gasteiger partial charge in [-0.2, -0.15) is 0 Å². The van der Waals surface area contributed by atoms with Crippen molar-refractivity contribution in [3.8, 4) is 0 Å². The van der Waals surface area contributed by atoms with Crippen molar-refractivity contribution in [1.29, 1.82) is 0 Å². The lowest BCUT2D eigenvalue weighted by molar-refractivity contribution is 0.255. The Balaban J connectivity index is 1.49. The van der Waals surface area contributed by atoms with Gasteiger partial charge in [0.2, 0.25) is 0 Å². The quantitative estimate of drug-likeness (QED) is 0.775. The lowest BCUT2D eigenvalue weighted by atomic mass is 9.75. The van der Waals surface area contributed by atoms with Gasteiger partial charge in [0.05, 0.1) is 0 Å². The van der Waals surface area contributed by atoms with E-state index in [1.807, 2.05) is 12.1 Å². The SMILES string of the molecule is Clc1ccccc1C1CC(NC2CCCCCC2)C1. The van der Waals surface area contributed by atoms with Crippen LogP contribution in [0, 0.1) is 0 Å². The number of halogens is 1. The van der Waals surface area contributed by atoms with Crippen molar-refractivity contribution in [3.63, 3.8) is 0 Å². The van der Waals surface area contributed by atoms with Gasteiger partial charge in [-0.3, -0.25) is 0 Å². The predicted octanol–water partition coefficient (Wildman–Crippen LogP) is 4.90. The van der Waals surface area contributed by atoms with Gasteiger partial charge in [0, 0.05) is 17.1 Å². The minimum Gasteiger partial charge on any atom is -0.311 e. The monoisotopic (exact) mass is 277 g/mol. The van der Waals surface area contributed by atoms with Gasteiger partial charge in [0.15, 0.2) is 0 Å². The van der Waals surface area contributed by atoms with E-state index in [1.165, 1.54) is 56.9 Å². The number of benzene rings is 1. The van der Waals surface area contributed by atoms with E-state index in [9.17, 15) is 0 Å². The fourth-order valence-electron chi connectivity index (χ4n) is 3.59. The third-order valence-corrected chi connectivity index (χ3v) is 5.15. The van der Waals surface area contributed by atoms with E-state index in [0.29, 0.717) is 5.92 Å². The lowest BCUT2D eigenvalue weighted by Gasteiger charge is -2.39. The van der Waals surface area contributed by atoms with E-state index in [4.69, 9.17) is 11.6 Å². The fraction of sp³-hybridized carbons (Fsp3) is 0.647. The van der Waals surface area contributed by atoms with Crippen molar-refractivity contribution in [2.24, 2.45) is 0 Å². The van der Waals surface area contributed by atoms with Crippen LogP contribution >= 0.6 is 11.6 Å². The molecular weight excluding hydrogens is 254 g/mol. The summed E-state index contributed by atoms with van der Waals surface area (Å²) in [6.07, 6.45) is 11.0. The fourth-order valence-corrected chi connectivity index (χ4v) is 3.88. The van der Waals surface area contributed by atoms with Crippen LogP contribution in [-0.4, -0.2) is 12.1 Å². The van der Waals surface area contributed by atoms with Crippen LogP contribution in [0.25, 0.3) is 0 Å². The van der Waals surface area contributed by atoms with Gasteiger partial charge in [-0.1, -0.05) is 55.5 Å². The number of rotatable bonds is 3. The maximum atomic E-state index is 6.27. The average Bonchev–Trinajstić information content (AvgIpc) is 2.63. The molecule has 1 aromatic carbocycles. The topological polar surface area (TPSA) is 12.0 Å². The molecule has 2 heteroatoms. The molecule has 0 spiro atoms. The van der Waals surface area contributed by atoms with E-state index in [0.717, 1.165) is 17.1 Å². The van der Waals surface area contributed by atoms with Crippen LogP contribution in [0.5, 0.6) is 0 Å². The van der Waals surface area contributed by atoms with Gasteiger partial charge in [0.25, 0.3) is 0 Å². The van der Waals surface area contributed by atoms with Crippen LogP contribution in [0.1, 0.15) is 62.8 Å². The molecule has 0 radical (unpaired) electrons. The van der Waals surface area contributed by atoms with Crippen LogP contribution in [-0.2, 0) is 0 Å². The predicted molar refractivity (Wildman–Crippen MR) is 81.8 cm³/mol. The summed E-state index contributed by atoms with van der Waals surface area (Å²) in [5, 5.41) is 4.82. The van der Waals surface area contributed by atoms with Gasteiger partial charge in [-0.25, -0.2) is 0 Å². The molecule has 1 nitrogen and oxygen atoms in total. The molecule has 0 atom stereocenters. The van der Waals surface area contributed by atoms with Gasteiger partial charge >= 0.3 is 0 Å². The summed E-state index contributed by atoms with van der Waals surface area (Å²) in [5.74, 6) is 0.678. The van der Waals surface area contributed by atoms with E-state index >= 15 is 0 Å². The summed E-state index contributed by atoms with van der Waals surface area (Å²) in [6, 6.07) is 9.83. The van der Waals surface area contributed by atoms with Crippen molar-refractivity contribution in [2.75, 3.05) is 0 Å². The Labute approximate surface area is 121 Å². The first kappa shape index (κ1) is 13.5. The maximum absolute atomic E-state index is 6.27. The number of hydrogen-bond acceptors (Lipinski definition) is 1. The molecule has 2 saturated carbocycles. The first-order valence-corrected chi connectivity index (χ1v) is 8.21. The molecule has 3 rings (SSSR count). The van der Waals surface area contributed by atoms with Crippen LogP contribution in [0.4, 0.5) is 0 Å². The molecule has 1 N–H and O–H groups in total. The zero-order chi connectivity index (χ0) is 13.1. The molecule has 0 heterocycles. The van der Waals surface area contributed by atoms with Crippen LogP contribution in [0.2, 0.25) is 5.02 Å². The second-order valence-electron chi connectivity index (χ2n) is 6.24. The van der Waals surface area contributed by atoms with Gasteiger partial charge in [0.1, 0.15) is 0 Å². The molecule has 0 amide bonds. The molecule has 0 aliphatic heterocycles. The van der Waals surface area contributed by atoms with Gasteiger partial charge < -0.3 is 5.32 Å². The molecule has 19 heavy (non-hydrogen) atoms. The van der Waals surface area contributed by atoms with E-state index in [2.05, 4.69) is 17.4 Å². The molecular formula is C17H24ClN. The molecule has 2 fully saturated rings. The Kier molecular flexibility index (Phi) is 4.45. The molecule has 2 aliphatic rings. The third kappa shape index (κ3) is 3.32. The summed E-state index contributed by atoms with van der Waals surface area (Å²) in [6.45, 7) is 0. The average molecular weight is 278 g/mol. The van der Waals surface area contributed by atoms with Crippen molar-refractivity contribution in [1.82, 2.24) is 5.32 Å². The summed E-state index contributed by atoms with van der Waals surface area (Å²) in [4.78, 5) is 0. The lowest BCUT2D eigenvalue weighted by Crippen LogP contribution is -2.45. The van der Waals surface area contributed by atoms with Crippen LogP contribution in [0.3, 0.4) is 0 Å². The molecule has 0 aromatic heterocycles. The number of nitrogens with one attached hydrogen (secondary N) is 1. The minimum atomic E-state index is 0.678. The van der Waals surface area contributed by atoms with Crippen molar-refractivity contribution >= 4 is 11.6 Å². The Morgan fingerprint density at radius 1 is 0.895 bits per heavy atom. The number of hydrogen-bond donors (Lipinski definition) is 1. The largest absolute Gasteiger partial charge is 0.311 e. The Hall–Kier alpha value is -0.530. The van der Waals surface area contributed by atoms with Crippen molar-refractivity contribution in [3.05, 3.63) is 34.9 Å². The van der Waals surface area contributed by atoms with Crippen LogP contribution < -0.4 is 5.32 Å². The molecule has 2 aliphatic carbocycles. The summed E-state index contributed by atoms with van der Waals surface area (Å²) in [5.41, 5.74) is 1.35. The first-order valence-electron chi connectivity index (χ1n) is 7.83. The van der Waals surface area contributed by atoms with Crippen LogP contribution in [0.15, 0.2) is 24.3 Å². The third-order valence-electron chi connectivity index (χ3n) is 4.81. The van der Waals surface area contributed by atoms with E-state index in [1.54, 1.807) is 0 Å². The molecule has 0 bridgehead atoms. The highest BCUT2D eigenvalue weighted by atomic mass is 35.5. The van der Waals surface area contributed by atoms with E-state index < -0.39 is 0 Å². The minimum absolute atomic E-state index is 0.678. The van der Waals surface area contributed by atoms with Gasteiger partial charge in [-0.05, 0) is 43.2 Å². The highest BCUT2D eigenvalue weighted by Crippen LogP contribution is 2.40. The smallest absolute Gasteiger partial charge is 0.0440 e. The highest BCUT2D eigenvalue weighted by molar-refractivity contribution is 6.31.